The lowest BCUT2D eigenvalue weighted by atomic mass is 9.70. The standard InChI is InChI=1S/C15H20N2/c1-12-4-5-14(13(2)8-12)9-17-11-15(10-16)6-3-7-15/h4-5,8,17H,3,6-7,9,11H2,1-2H3. The lowest BCUT2D eigenvalue weighted by molar-refractivity contribution is 0.206. The van der Waals surface area contributed by atoms with E-state index >= 15 is 0 Å². The largest absolute Gasteiger partial charge is 0.311 e. The zero-order valence-electron chi connectivity index (χ0n) is 10.7. The third-order valence-electron chi connectivity index (χ3n) is 3.82. The van der Waals surface area contributed by atoms with Gasteiger partial charge in [0, 0.05) is 13.1 Å². The summed E-state index contributed by atoms with van der Waals surface area (Å²) >= 11 is 0. The molecule has 1 aliphatic carbocycles. The maximum atomic E-state index is 9.13. The van der Waals surface area contributed by atoms with Crippen molar-refractivity contribution < 1.29 is 0 Å². The fraction of sp³-hybridized carbons (Fsp3) is 0.533. The Morgan fingerprint density at radius 1 is 1.35 bits per heavy atom. The van der Waals surface area contributed by atoms with Crippen LogP contribution in [0, 0.1) is 30.6 Å². The molecule has 1 N–H and O–H groups in total. The van der Waals surface area contributed by atoms with Crippen LogP contribution in [0.2, 0.25) is 0 Å². The monoisotopic (exact) mass is 228 g/mol. The van der Waals surface area contributed by atoms with Crippen molar-refractivity contribution in [1.82, 2.24) is 5.32 Å². The Morgan fingerprint density at radius 2 is 2.12 bits per heavy atom. The highest BCUT2D eigenvalue weighted by Gasteiger charge is 2.36. The summed E-state index contributed by atoms with van der Waals surface area (Å²) in [6, 6.07) is 9.00. The molecule has 2 rings (SSSR count). The van der Waals surface area contributed by atoms with Gasteiger partial charge in [0.25, 0.3) is 0 Å². The number of nitriles is 1. The van der Waals surface area contributed by atoms with Crippen molar-refractivity contribution >= 4 is 0 Å². The Labute approximate surface area is 104 Å². The van der Waals surface area contributed by atoms with Gasteiger partial charge in [0.2, 0.25) is 0 Å². The van der Waals surface area contributed by atoms with Gasteiger partial charge in [0.15, 0.2) is 0 Å². The molecule has 17 heavy (non-hydrogen) atoms. The summed E-state index contributed by atoms with van der Waals surface area (Å²) in [4.78, 5) is 0. The van der Waals surface area contributed by atoms with Gasteiger partial charge in [-0.25, -0.2) is 0 Å². The van der Waals surface area contributed by atoms with E-state index in [0.29, 0.717) is 0 Å². The van der Waals surface area contributed by atoms with Crippen LogP contribution in [-0.2, 0) is 6.54 Å². The second-order valence-electron chi connectivity index (χ2n) is 5.28. The normalized spacial score (nSPS) is 17.2. The topological polar surface area (TPSA) is 35.8 Å². The van der Waals surface area contributed by atoms with Crippen molar-refractivity contribution in [3.8, 4) is 6.07 Å². The molecule has 0 spiro atoms. The minimum absolute atomic E-state index is 0.0708. The molecule has 0 unspecified atom stereocenters. The van der Waals surface area contributed by atoms with Gasteiger partial charge in [-0.05, 0) is 37.8 Å². The first-order chi connectivity index (χ1) is 8.15. The van der Waals surface area contributed by atoms with Crippen LogP contribution in [0.15, 0.2) is 18.2 Å². The lowest BCUT2D eigenvalue weighted by Crippen LogP contribution is -2.38. The Morgan fingerprint density at radius 3 is 2.65 bits per heavy atom. The van der Waals surface area contributed by atoms with Gasteiger partial charge in [0.05, 0.1) is 11.5 Å². The second kappa shape index (κ2) is 4.89. The number of nitrogens with one attached hydrogen (secondary N) is 1. The van der Waals surface area contributed by atoms with E-state index < -0.39 is 0 Å². The van der Waals surface area contributed by atoms with Crippen LogP contribution in [0.5, 0.6) is 0 Å². The van der Waals surface area contributed by atoms with Gasteiger partial charge in [-0.2, -0.15) is 5.26 Å². The van der Waals surface area contributed by atoms with Crippen molar-refractivity contribution in [2.24, 2.45) is 5.41 Å². The van der Waals surface area contributed by atoms with Gasteiger partial charge < -0.3 is 5.32 Å². The van der Waals surface area contributed by atoms with E-state index in [4.69, 9.17) is 5.26 Å². The second-order valence-corrected chi connectivity index (χ2v) is 5.28. The minimum Gasteiger partial charge on any atom is -0.311 e. The van der Waals surface area contributed by atoms with Crippen LogP contribution in [0.25, 0.3) is 0 Å². The fourth-order valence-electron chi connectivity index (χ4n) is 2.41. The molecule has 1 aromatic carbocycles. The third-order valence-corrected chi connectivity index (χ3v) is 3.82. The summed E-state index contributed by atoms with van der Waals surface area (Å²) < 4.78 is 0. The summed E-state index contributed by atoms with van der Waals surface area (Å²) in [6.07, 6.45) is 3.32. The summed E-state index contributed by atoms with van der Waals surface area (Å²) in [5.74, 6) is 0. The molecule has 1 saturated carbocycles. The molecule has 1 aliphatic rings. The van der Waals surface area contributed by atoms with E-state index in [0.717, 1.165) is 25.9 Å². The Kier molecular flexibility index (Phi) is 3.49. The van der Waals surface area contributed by atoms with E-state index in [-0.39, 0.29) is 5.41 Å². The average Bonchev–Trinajstić information content (AvgIpc) is 2.25. The molecular formula is C15H20N2. The van der Waals surface area contributed by atoms with Crippen LogP contribution in [-0.4, -0.2) is 6.54 Å². The maximum absolute atomic E-state index is 9.13. The SMILES string of the molecule is Cc1ccc(CNCC2(C#N)CCC2)c(C)c1. The highest BCUT2D eigenvalue weighted by molar-refractivity contribution is 5.30. The van der Waals surface area contributed by atoms with Gasteiger partial charge in [0.1, 0.15) is 0 Å². The minimum atomic E-state index is -0.0708. The number of hydrogen-bond acceptors (Lipinski definition) is 2. The molecule has 0 aliphatic heterocycles. The van der Waals surface area contributed by atoms with Gasteiger partial charge >= 0.3 is 0 Å². The van der Waals surface area contributed by atoms with Crippen LogP contribution >= 0.6 is 0 Å². The van der Waals surface area contributed by atoms with E-state index in [1.807, 2.05) is 0 Å². The summed E-state index contributed by atoms with van der Waals surface area (Å²) in [5.41, 5.74) is 3.90. The molecule has 0 atom stereocenters. The predicted molar refractivity (Wildman–Crippen MR) is 69.5 cm³/mol. The van der Waals surface area contributed by atoms with Crippen LogP contribution < -0.4 is 5.32 Å². The van der Waals surface area contributed by atoms with E-state index in [1.165, 1.54) is 23.1 Å². The van der Waals surface area contributed by atoms with Crippen molar-refractivity contribution in [1.29, 1.82) is 5.26 Å². The van der Waals surface area contributed by atoms with E-state index in [9.17, 15) is 0 Å². The molecule has 0 saturated heterocycles. The van der Waals surface area contributed by atoms with Crippen molar-refractivity contribution in [3.63, 3.8) is 0 Å². The van der Waals surface area contributed by atoms with Crippen molar-refractivity contribution in [3.05, 3.63) is 34.9 Å². The maximum Gasteiger partial charge on any atom is 0.0703 e. The molecule has 0 amide bonds. The zero-order valence-corrected chi connectivity index (χ0v) is 10.7. The molecule has 1 fully saturated rings. The number of rotatable bonds is 4. The fourth-order valence-corrected chi connectivity index (χ4v) is 2.41. The van der Waals surface area contributed by atoms with Gasteiger partial charge in [-0.15, -0.1) is 0 Å². The highest BCUT2D eigenvalue weighted by atomic mass is 14.9. The van der Waals surface area contributed by atoms with Crippen LogP contribution in [0.4, 0.5) is 0 Å². The lowest BCUT2D eigenvalue weighted by Gasteiger charge is -2.35. The average molecular weight is 228 g/mol. The van der Waals surface area contributed by atoms with Crippen molar-refractivity contribution in [2.45, 2.75) is 39.7 Å². The summed E-state index contributed by atoms with van der Waals surface area (Å²) in [5, 5.41) is 12.6. The van der Waals surface area contributed by atoms with Crippen LogP contribution in [0.1, 0.15) is 36.0 Å². The molecular weight excluding hydrogens is 208 g/mol. The quantitative estimate of drug-likeness (QED) is 0.859. The Balaban J connectivity index is 1.88. The van der Waals surface area contributed by atoms with Gasteiger partial charge in [-0.1, -0.05) is 30.2 Å². The molecule has 90 valence electrons. The third kappa shape index (κ3) is 2.68. The Bertz CT molecular complexity index is 439. The molecule has 0 heterocycles. The smallest absolute Gasteiger partial charge is 0.0703 e. The predicted octanol–water partition coefficient (Wildman–Crippen LogP) is 3.09. The summed E-state index contributed by atoms with van der Waals surface area (Å²) in [7, 11) is 0. The van der Waals surface area contributed by atoms with E-state index in [1.54, 1.807) is 0 Å². The summed E-state index contributed by atoms with van der Waals surface area (Å²) in [6.45, 7) is 5.96. The molecule has 0 bridgehead atoms. The number of nitrogens with zero attached hydrogens (tertiary/aromatic N) is 1. The first-order valence-corrected chi connectivity index (χ1v) is 6.33. The van der Waals surface area contributed by atoms with E-state index in [2.05, 4.69) is 43.4 Å². The first kappa shape index (κ1) is 12.1. The van der Waals surface area contributed by atoms with Gasteiger partial charge in [-0.3, -0.25) is 0 Å². The zero-order chi connectivity index (χ0) is 12.3. The molecule has 0 radical (unpaired) electrons. The molecule has 1 aromatic rings. The molecule has 2 heteroatoms. The molecule has 2 nitrogen and oxygen atoms in total. The highest BCUT2D eigenvalue weighted by Crippen LogP contribution is 2.39. The molecule has 0 aromatic heterocycles. The number of aryl methyl sites for hydroxylation is 2. The first-order valence-electron chi connectivity index (χ1n) is 6.33. The Hall–Kier alpha value is -1.33. The number of hydrogen-bond donors (Lipinski definition) is 1. The number of benzene rings is 1. The van der Waals surface area contributed by atoms with Crippen LogP contribution in [0.3, 0.4) is 0 Å². The van der Waals surface area contributed by atoms with Crippen molar-refractivity contribution in [2.75, 3.05) is 6.54 Å².